The number of nitrogens with zero attached hydrogens (tertiary/aromatic N) is 2. The molecule has 0 bridgehead atoms. The summed E-state index contributed by atoms with van der Waals surface area (Å²) in [5.41, 5.74) is 1.63. The third kappa shape index (κ3) is 11.5. The summed E-state index contributed by atoms with van der Waals surface area (Å²) >= 11 is 0. The molecule has 1 heterocycles. The van der Waals surface area contributed by atoms with E-state index in [1.807, 2.05) is 42.5 Å². The highest BCUT2D eigenvalue weighted by Gasteiger charge is 2.39. The molecular formula is C38H46N4O9. The maximum atomic E-state index is 13.8. The predicted molar refractivity (Wildman–Crippen MR) is 188 cm³/mol. The van der Waals surface area contributed by atoms with Gasteiger partial charge in [0.05, 0.1) is 20.3 Å². The van der Waals surface area contributed by atoms with Crippen molar-refractivity contribution in [2.75, 3.05) is 40.4 Å². The largest absolute Gasteiger partial charge is 0.497 e. The third-order valence-electron chi connectivity index (χ3n) is 8.09. The zero-order valence-corrected chi connectivity index (χ0v) is 29.7. The standard InChI is InChI=1S/C38H46N4O9/c1-38(2,3)51-34(45)24-41-21-22-42(33(44)23-39-37(47)50-25-26-9-7-6-8-10-26)31(36(41)46)19-20-32(43)40-35(27-11-15-29(48-4)16-12-27)28-13-17-30(49-5)18-14-28/h6-18,31,35H,19-25H2,1-5H3,(H,39,47)(H,40,43)/t31-/m0/s1. The van der Waals surface area contributed by atoms with Gasteiger partial charge in [-0.25, -0.2) is 4.79 Å². The summed E-state index contributed by atoms with van der Waals surface area (Å²) in [5, 5.41) is 5.51. The number of esters is 1. The lowest BCUT2D eigenvalue weighted by Crippen LogP contribution is -2.61. The van der Waals surface area contributed by atoms with Gasteiger partial charge in [0.25, 0.3) is 0 Å². The van der Waals surface area contributed by atoms with Crippen molar-refractivity contribution in [3.8, 4) is 11.5 Å². The first kappa shape index (κ1) is 38.2. The van der Waals surface area contributed by atoms with E-state index in [2.05, 4.69) is 10.6 Å². The van der Waals surface area contributed by atoms with E-state index in [0.29, 0.717) is 11.5 Å². The van der Waals surface area contributed by atoms with E-state index in [-0.39, 0.29) is 45.0 Å². The maximum absolute atomic E-state index is 13.8. The number of amides is 4. The van der Waals surface area contributed by atoms with Gasteiger partial charge in [0.1, 0.15) is 42.8 Å². The fourth-order valence-corrected chi connectivity index (χ4v) is 5.58. The molecule has 1 aliphatic rings. The molecule has 4 amide bonds. The molecule has 0 unspecified atom stereocenters. The second-order valence-corrected chi connectivity index (χ2v) is 12.9. The minimum absolute atomic E-state index is 0.0223. The molecule has 1 fully saturated rings. The van der Waals surface area contributed by atoms with Gasteiger partial charge < -0.3 is 39.4 Å². The molecule has 13 nitrogen and oxygen atoms in total. The van der Waals surface area contributed by atoms with E-state index in [1.165, 1.54) is 9.80 Å². The Morgan fingerprint density at radius 3 is 1.98 bits per heavy atom. The molecule has 1 aliphatic heterocycles. The molecule has 0 aromatic heterocycles. The molecule has 4 rings (SSSR count). The number of ether oxygens (including phenoxy) is 4. The Kier molecular flexibility index (Phi) is 13.4. The number of hydrogen-bond donors (Lipinski definition) is 2. The first-order valence-electron chi connectivity index (χ1n) is 16.7. The van der Waals surface area contributed by atoms with Crippen LogP contribution in [0.3, 0.4) is 0 Å². The van der Waals surface area contributed by atoms with Crippen molar-refractivity contribution in [1.29, 1.82) is 0 Å². The molecule has 1 atom stereocenters. The van der Waals surface area contributed by atoms with Gasteiger partial charge in [-0.05, 0) is 68.1 Å². The molecule has 0 spiro atoms. The summed E-state index contributed by atoms with van der Waals surface area (Å²) in [6.45, 7) is 4.64. The molecule has 1 saturated heterocycles. The highest BCUT2D eigenvalue weighted by molar-refractivity contribution is 5.92. The minimum Gasteiger partial charge on any atom is -0.497 e. The fourth-order valence-electron chi connectivity index (χ4n) is 5.58. The molecule has 272 valence electrons. The van der Waals surface area contributed by atoms with Crippen molar-refractivity contribution in [1.82, 2.24) is 20.4 Å². The van der Waals surface area contributed by atoms with Crippen LogP contribution in [0.2, 0.25) is 0 Å². The summed E-state index contributed by atoms with van der Waals surface area (Å²) in [6.07, 6.45) is -0.936. The third-order valence-corrected chi connectivity index (χ3v) is 8.09. The Morgan fingerprint density at radius 2 is 1.43 bits per heavy atom. The number of benzene rings is 3. The summed E-state index contributed by atoms with van der Waals surface area (Å²) in [6, 6.07) is 22.1. The SMILES string of the molecule is COc1ccc(C(NC(=O)CC[C@H]2C(=O)N(CC(=O)OC(C)(C)C)CCN2C(=O)CNC(=O)OCc2ccccc2)c2ccc(OC)cc2)cc1. The molecule has 3 aromatic rings. The highest BCUT2D eigenvalue weighted by atomic mass is 16.6. The number of hydrogen-bond acceptors (Lipinski definition) is 9. The molecule has 51 heavy (non-hydrogen) atoms. The summed E-state index contributed by atoms with van der Waals surface area (Å²) in [5.74, 6) is -0.656. The lowest BCUT2D eigenvalue weighted by molar-refractivity contribution is -0.163. The first-order valence-corrected chi connectivity index (χ1v) is 16.7. The van der Waals surface area contributed by atoms with Crippen LogP contribution >= 0.6 is 0 Å². The Balaban J connectivity index is 1.46. The predicted octanol–water partition coefficient (Wildman–Crippen LogP) is 4.00. The van der Waals surface area contributed by atoms with Crippen LogP contribution in [0.5, 0.6) is 11.5 Å². The van der Waals surface area contributed by atoms with Crippen molar-refractivity contribution >= 4 is 29.8 Å². The summed E-state index contributed by atoms with van der Waals surface area (Å²) < 4.78 is 21.2. The van der Waals surface area contributed by atoms with Crippen molar-refractivity contribution in [2.24, 2.45) is 0 Å². The van der Waals surface area contributed by atoms with Crippen LogP contribution in [-0.4, -0.2) is 91.6 Å². The number of carbonyl (C=O) groups is 5. The number of rotatable bonds is 14. The Hall–Kier alpha value is -5.59. The maximum Gasteiger partial charge on any atom is 0.407 e. The molecular weight excluding hydrogens is 656 g/mol. The van der Waals surface area contributed by atoms with Gasteiger partial charge >= 0.3 is 12.1 Å². The summed E-state index contributed by atoms with van der Waals surface area (Å²) in [4.78, 5) is 68.4. The van der Waals surface area contributed by atoms with Crippen LogP contribution in [-0.2, 0) is 35.3 Å². The van der Waals surface area contributed by atoms with Crippen LogP contribution in [0.1, 0.15) is 56.3 Å². The van der Waals surface area contributed by atoms with E-state index >= 15 is 0 Å². The quantitative estimate of drug-likeness (QED) is 0.238. The van der Waals surface area contributed by atoms with Crippen LogP contribution in [0.4, 0.5) is 4.79 Å². The highest BCUT2D eigenvalue weighted by Crippen LogP contribution is 2.27. The van der Waals surface area contributed by atoms with E-state index in [4.69, 9.17) is 18.9 Å². The Bertz CT molecular complexity index is 1590. The van der Waals surface area contributed by atoms with Crippen LogP contribution < -0.4 is 20.1 Å². The molecule has 0 radical (unpaired) electrons. The number of carbonyl (C=O) groups excluding carboxylic acids is 5. The van der Waals surface area contributed by atoms with Crippen molar-refractivity contribution < 1.29 is 42.9 Å². The van der Waals surface area contributed by atoms with E-state index in [0.717, 1.165) is 16.7 Å². The second-order valence-electron chi connectivity index (χ2n) is 12.9. The monoisotopic (exact) mass is 702 g/mol. The minimum atomic E-state index is -1.07. The zero-order chi connectivity index (χ0) is 37.0. The molecule has 2 N–H and O–H groups in total. The molecule has 13 heteroatoms. The van der Waals surface area contributed by atoms with Gasteiger partial charge in [0.2, 0.25) is 17.7 Å². The number of alkyl carbamates (subject to hydrolysis) is 1. The molecule has 3 aromatic carbocycles. The van der Waals surface area contributed by atoms with E-state index in [1.54, 1.807) is 71.4 Å². The van der Waals surface area contributed by atoms with Crippen molar-refractivity contribution in [3.63, 3.8) is 0 Å². The van der Waals surface area contributed by atoms with Crippen LogP contribution in [0.15, 0.2) is 78.9 Å². The average Bonchev–Trinajstić information content (AvgIpc) is 3.12. The second kappa shape index (κ2) is 17.9. The van der Waals surface area contributed by atoms with Gasteiger partial charge in [0, 0.05) is 19.5 Å². The zero-order valence-electron chi connectivity index (χ0n) is 29.7. The van der Waals surface area contributed by atoms with Crippen LogP contribution in [0.25, 0.3) is 0 Å². The average molecular weight is 703 g/mol. The van der Waals surface area contributed by atoms with Gasteiger partial charge in [-0.3, -0.25) is 19.2 Å². The number of piperazine rings is 1. The smallest absolute Gasteiger partial charge is 0.407 e. The molecule has 0 saturated carbocycles. The lowest BCUT2D eigenvalue weighted by Gasteiger charge is -2.40. The normalized spacial score (nSPS) is 14.5. The van der Waals surface area contributed by atoms with Gasteiger partial charge in [-0.1, -0.05) is 54.6 Å². The van der Waals surface area contributed by atoms with Gasteiger partial charge in [-0.15, -0.1) is 0 Å². The fraction of sp³-hybridized carbons (Fsp3) is 0.395. The van der Waals surface area contributed by atoms with Crippen LogP contribution in [0, 0.1) is 0 Å². The van der Waals surface area contributed by atoms with Gasteiger partial charge in [-0.2, -0.15) is 0 Å². The molecule has 0 aliphatic carbocycles. The van der Waals surface area contributed by atoms with Crippen molar-refractivity contribution in [2.45, 2.75) is 57.9 Å². The Labute approximate surface area is 298 Å². The lowest BCUT2D eigenvalue weighted by atomic mass is 9.97. The Morgan fingerprint density at radius 1 is 0.843 bits per heavy atom. The number of methoxy groups -OCH3 is 2. The van der Waals surface area contributed by atoms with E-state index in [9.17, 15) is 24.0 Å². The topological polar surface area (TPSA) is 153 Å². The first-order chi connectivity index (χ1) is 24.4. The van der Waals surface area contributed by atoms with Gasteiger partial charge in [0.15, 0.2) is 0 Å². The van der Waals surface area contributed by atoms with E-state index < -0.39 is 48.1 Å². The number of nitrogens with one attached hydrogen (secondary N) is 2. The van der Waals surface area contributed by atoms with Crippen molar-refractivity contribution in [3.05, 3.63) is 95.6 Å². The summed E-state index contributed by atoms with van der Waals surface area (Å²) in [7, 11) is 3.14.